The lowest BCUT2D eigenvalue weighted by molar-refractivity contribution is -0.157. The summed E-state index contributed by atoms with van der Waals surface area (Å²) in [6.45, 7) is 8.06. The number of amides is 2. The van der Waals surface area contributed by atoms with Crippen LogP contribution in [0.4, 0.5) is 0 Å². The molecular formula is C16H28N2O3. The standard InChI is InChI=1S/C16H28N2O3/c1-4-13-14(19)17-16(5-2,6-3)15(20)18(13)10-12-8-7-9-21-11-12/h12-13H,4-11H2,1-3H3,(H,17,19). The lowest BCUT2D eigenvalue weighted by atomic mass is 9.86. The lowest BCUT2D eigenvalue weighted by Crippen LogP contribution is -2.70. The molecule has 0 bridgehead atoms. The Bertz CT molecular complexity index is 387. The van der Waals surface area contributed by atoms with Crippen LogP contribution in [0.1, 0.15) is 52.9 Å². The summed E-state index contributed by atoms with van der Waals surface area (Å²) < 4.78 is 5.52. The van der Waals surface area contributed by atoms with Crippen molar-refractivity contribution in [3.05, 3.63) is 0 Å². The van der Waals surface area contributed by atoms with E-state index in [2.05, 4.69) is 5.32 Å². The zero-order chi connectivity index (χ0) is 15.5. The minimum Gasteiger partial charge on any atom is -0.381 e. The highest BCUT2D eigenvalue weighted by atomic mass is 16.5. The van der Waals surface area contributed by atoms with Crippen molar-refractivity contribution in [2.75, 3.05) is 19.8 Å². The molecule has 0 aromatic rings. The normalized spacial score (nSPS) is 29.4. The Kier molecular flexibility index (Phi) is 5.25. The molecule has 2 unspecified atom stereocenters. The molecule has 2 atom stereocenters. The van der Waals surface area contributed by atoms with Crippen molar-refractivity contribution in [2.45, 2.75) is 64.5 Å². The Morgan fingerprint density at radius 1 is 1.29 bits per heavy atom. The Morgan fingerprint density at radius 2 is 2.00 bits per heavy atom. The minimum atomic E-state index is -0.710. The third-order valence-electron chi connectivity index (χ3n) is 5.01. The van der Waals surface area contributed by atoms with Crippen molar-refractivity contribution in [3.63, 3.8) is 0 Å². The maximum atomic E-state index is 13.0. The van der Waals surface area contributed by atoms with Crippen LogP contribution in [0.15, 0.2) is 0 Å². The lowest BCUT2D eigenvalue weighted by Gasteiger charge is -2.46. The van der Waals surface area contributed by atoms with E-state index in [1.807, 2.05) is 25.7 Å². The van der Waals surface area contributed by atoms with Gasteiger partial charge in [0.1, 0.15) is 11.6 Å². The van der Waals surface area contributed by atoms with Crippen LogP contribution < -0.4 is 5.32 Å². The first-order valence-electron chi connectivity index (χ1n) is 8.28. The molecule has 2 aliphatic rings. The molecule has 21 heavy (non-hydrogen) atoms. The molecule has 2 aliphatic heterocycles. The molecule has 120 valence electrons. The first-order valence-corrected chi connectivity index (χ1v) is 8.28. The maximum Gasteiger partial charge on any atom is 0.248 e. The topological polar surface area (TPSA) is 58.6 Å². The molecule has 0 radical (unpaired) electrons. The quantitative estimate of drug-likeness (QED) is 0.840. The highest BCUT2D eigenvalue weighted by Gasteiger charge is 2.48. The van der Waals surface area contributed by atoms with Crippen molar-refractivity contribution < 1.29 is 14.3 Å². The van der Waals surface area contributed by atoms with Crippen LogP contribution in [-0.4, -0.2) is 48.1 Å². The predicted octanol–water partition coefficient (Wildman–Crippen LogP) is 1.71. The molecule has 0 aliphatic carbocycles. The summed E-state index contributed by atoms with van der Waals surface area (Å²) >= 11 is 0. The number of hydrogen-bond donors (Lipinski definition) is 1. The fraction of sp³-hybridized carbons (Fsp3) is 0.875. The van der Waals surface area contributed by atoms with Gasteiger partial charge in [0.15, 0.2) is 0 Å². The molecule has 0 saturated carbocycles. The molecule has 2 saturated heterocycles. The Balaban J connectivity index is 2.19. The molecule has 1 N–H and O–H groups in total. The number of nitrogens with zero attached hydrogens (tertiary/aromatic N) is 1. The summed E-state index contributed by atoms with van der Waals surface area (Å²) in [4.78, 5) is 27.2. The Morgan fingerprint density at radius 3 is 2.52 bits per heavy atom. The number of piperazine rings is 1. The SMILES string of the molecule is CCC1C(=O)NC(CC)(CC)C(=O)N1CC1CCCOC1. The molecular weight excluding hydrogens is 268 g/mol. The third kappa shape index (κ3) is 3.07. The van der Waals surface area contributed by atoms with Crippen molar-refractivity contribution in [2.24, 2.45) is 5.92 Å². The van der Waals surface area contributed by atoms with Gasteiger partial charge in [-0.15, -0.1) is 0 Å². The number of ether oxygens (including phenoxy) is 1. The number of nitrogens with one attached hydrogen (secondary N) is 1. The Hall–Kier alpha value is -1.10. The van der Waals surface area contributed by atoms with Crippen LogP contribution in [0.3, 0.4) is 0 Å². The van der Waals surface area contributed by atoms with E-state index in [9.17, 15) is 9.59 Å². The predicted molar refractivity (Wildman–Crippen MR) is 80.8 cm³/mol. The van der Waals surface area contributed by atoms with E-state index in [0.717, 1.165) is 19.4 Å². The second-order valence-electron chi connectivity index (χ2n) is 6.24. The number of rotatable bonds is 5. The fourth-order valence-corrected chi connectivity index (χ4v) is 3.51. The van der Waals surface area contributed by atoms with Crippen molar-refractivity contribution in [1.82, 2.24) is 10.2 Å². The number of carbonyl (C=O) groups is 2. The fourth-order valence-electron chi connectivity index (χ4n) is 3.51. The van der Waals surface area contributed by atoms with E-state index >= 15 is 0 Å². The van der Waals surface area contributed by atoms with Crippen molar-refractivity contribution >= 4 is 11.8 Å². The summed E-state index contributed by atoms with van der Waals surface area (Å²) in [6.07, 6.45) is 4.06. The van der Waals surface area contributed by atoms with Gasteiger partial charge in [-0.2, -0.15) is 0 Å². The van der Waals surface area contributed by atoms with Crippen LogP contribution in [0.25, 0.3) is 0 Å². The van der Waals surface area contributed by atoms with E-state index in [0.29, 0.717) is 38.3 Å². The molecule has 0 spiro atoms. The van der Waals surface area contributed by atoms with Crippen LogP contribution in [0.2, 0.25) is 0 Å². The van der Waals surface area contributed by atoms with Gasteiger partial charge in [0.25, 0.3) is 0 Å². The van der Waals surface area contributed by atoms with Gasteiger partial charge in [0.2, 0.25) is 11.8 Å². The van der Waals surface area contributed by atoms with Crippen LogP contribution in [0.5, 0.6) is 0 Å². The zero-order valence-corrected chi connectivity index (χ0v) is 13.5. The molecule has 0 aromatic heterocycles. The number of hydrogen-bond acceptors (Lipinski definition) is 3. The van der Waals surface area contributed by atoms with Gasteiger partial charge >= 0.3 is 0 Å². The average molecular weight is 296 g/mol. The monoisotopic (exact) mass is 296 g/mol. The van der Waals surface area contributed by atoms with Crippen LogP contribution in [-0.2, 0) is 14.3 Å². The summed E-state index contributed by atoms with van der Waals surface area (Å²) in [7, 11) is 0. The Labute approximate surface area is 127 Å². The average Bonchev–Trinajstić information content (AvgIpc) is 2.52. The van der Waals surface area contributed by atoms with Crippen molar-refractivity contribution in [3.8, 4) is 0 Å². The molecule has 5 heteroatoms. The van der Waals surface area contributed by atoms with E-state index in [1.54, 1.807) is 0 Å². The zero-order valence-electron chi connectivity index (χ0n) is 13.5. The smallest absolute Gasteiger partial charge is 0.248 e. The maximum absolute atomic E-state index is 13.0. The molecule has 2 heterocycles. The van der Waals surface area contributed by atoms with Crippen LogP contribution >= 0.6 is 0 Å². The molecule has 2 rings (SSSR count). The van der Waals surface area contributed by atoms with E-state index in [4.69, 9.17) is 4.74 Å². The van der Waals surface area contributed by atoms with Gasteiger partial charge in [-0.25, -0.2) is 0 Å². The largest absolute Gasteiger partial charge is 0.381 e. The van der Waals surface area contributed by atoms with Gasteiger partial charge < -0.3 is 15.0 Å². The summed E-state index contributed by atoms with van der Waals surface area (Å²) in [5.74, 6) is 0.441. The summed E-state index contributed by atoms with van der Waals surface area (Å²) in [5.41, 5.74) is -0.710. The second-order valence-corrected chi connectivity index (χ2v) is 6.24. The van der Waals surface area contributed by atoms with Gasteiger partial charge in [0.05, 0.1) is 6.61 Å². The van der Waals surface area contributed by atoms with Crippen LogP contribution in [0, 0.1) is 5.92 Å². The van der Waals surface area contributed by atoms with Gasteiger partial charge in [-0.3, -0.25) is 9.59 Å². The summed E-state index contributed by atoms with van der Waals surface area (Å²) in [5, 5.41) is 2.99. The molecule has 2 amide bonds. The first-order chi connectivity index (χ1) is 10.1. The molecule has 2 fully saturated rings. The van der Waals surface area contributed by atoms with Gasteiger partial charge in [-0.1, -0.05) is 20.8 Å². The van der Waals surface area contributed by atoms with E-state index in [-0.39, 0.29) is 17.9 Å². The van der Waals surface area contributed by atoms with Gasteiger partial charge in [0, 0.05) is 13.2 Å². The summed E-state index contributed by atoms with van der Waals surface area (Å²) in [6, 6.07) is -0.328. The minimum absolute atomic E-state index is 0.00229. The highest BCUT2D eigenvalue weighted by Crippen LogP contribution is 2.28. The van der Waals surface area contributed by atoms with E-state index < -0.39 is 5.54 Å². The second kappa shape index (κ2) is 6.77. The number of carbonyl (C=O) groups excluding carboxylic acids is 2. The van der Waals surface area contributed by atoms with Gasteiger partial charge in [-0.05, 0) is 38.0 Å². The first kappa shape index (κ1) is 16.3. The molecule has 0 aromatic carbocycles. The third-order valence-corrected chi connectivity index (χ3v) is 5.01. The highest BCUT2D eigenvalue weighted by molar-refractivity contribution is 5.99. The van der Waals surface area contributed by atoms with E-state index in [1.165, 1.54) is 0 Å². The molecule has 5 nitrogen and oxygen atoms in total. The van der Waals surface area contributed by atoms with Crippen molar-refractivity contribution in [1.29, 1.82) is 0 Å².